The van der Waals surface area contributed by atoms with Crippen LogP contribution in [-0.2, 0) is 0 Å². The van der Waals surface area contributed by atoms with E-state index in [9.17, 15) is 17.6 Å². The monoisotopic (exact) mass is 308 g/mol. The highest BCUT2D eigenvalue weighted by Crippen LogP contribution is 2.28. The molecule has 21 heavy (non-hydrogen) atoms. The van der Waals surface area contributed by atoms with E-state index in [1.54, 1.807) is 0 Å². The van der Waals surface area contributed by atoms with Crippen LogP contribution in [-0.4, -0.2) is 26.1 Å². The molecule has 1 atom stereocenters. The Hall–Kier alpha value is -1.46. The molecule has 0 aliphatic rings. The van der Waals surface area contributed by atoms with Crippen molar-refractivity contribution in [2.45, 2.75) is 38.8 Å². The Morgan fingerprint density at radius 3 is 2.24 bits per heavy atom. The quantitative estimate of drug-likeness (QED) is 0.464. The Kier molecular flexibility index (Phi) is 7.93. The number of ether oxygens (including phenoxy) is 2. The number of hydrogen-bond donors (Lipinski definition) is 0. The molecule has 0 N–H and O–H groups in total. The first-order valence-corrected chi connectivity index (χ1v) is 7.03. The molecule has 6 heteroatoms. The van der Waals surface area contributed by atoms with Crippen molar-refractivity contribution in [2.75, 3.05) is 19.9 Å². The molecule has 1 unspecified atom stereocenters. The molecule has 0 radical (unpaired) electrons. The average molecular weight is 308 g/mol. The summed E-state index contributed by atoms with van der Waals surface area (Å²) in [7, 11) is 0. The third kappa shape index (κ3) is 5.81. The zero-order chi connectivity index (χ0) is 15.7. The summed E-state index contributed by atoms with van der Waals surface area (Å²) in [5, 5.41) is 0. The molecule has 0 heterocycles. The lowest BCUT2D eigenvalue weighted by Crippen LogP contribution is -2.14. The van der Waals surface area contributed by atoms with E-state index in [4.69, 9.17) is 9.47 Å². The summed E-state index contributed by atoms with van der Waals surface area (Å²) in [5.41, 5.74) is 0. The fourth-order valence-electron chi connectivity index (χ4n) is 1.66. The molecular formula is C15H20F4O2. The van der Waals surface area contributed by atoms with E-state index in [0.29, 0.717) is 12.8 Å². The molecule has 0 amide bonds. The first kappa shape index (κ1) is 17.6. The molecule has 0 fully saturated rings. The Balaban J connectivity index is 2.58. The van der Waals surface area contributed by atoms with Gasteiger partial charge in [0.25, 0.3) is 0 Å². The van der Waals surface area contributed by atoms with Crippen LogP contribution in [0.15, 0.2) is 12.1 Å². The summed E-state index contributed by atoms with van der Waals surface area (Å²) in [6.45, 7) is 0.972. The number of benzene rings is 1. The third-order valence-corrected chi connectivity index (χ3v) is 2.84. The van der Waals surface area contributed by atoms with Gasteiger partial charge in [-0.15, -0.1) is 0 Å². The van der Waals surface area contributed by atoms with E-state index in [1.165, 1.54) is 12.1 Å². The van der Waals surface area contributed by atoms with Crippen LogP contribution >= 0.6 is 0 Å². The van der Waals surface area contributed by atoms with E-state index >= 15 is 0 Å². The fraction of sp³-hybridized carbons (Fsp3) is 0.600. The van der Waals surface area contributed by atoms with Crippen LogP contribution in [0.2, 0.25) is 0 Å². The van der Waals surface area contributed by atoms with Gasteiger partial charge in [-0.1, -0.05) is 19.8 Å². The third-order valence-electron chi connectivity index (χ3n) is 2.84. The molecule has 0 saturated carbocycles. The first-order chi connectivity index (χ1) is 10.1. The van der Waals surface area contributed by atoms with Gasteiger partial charge < -0.3 is 9.47 Å². The van der Waals surface area contributed by atoms with E-state index in [-0.39, 0.29) is 31.1 Å². The van der Waals surface area contributed by atoms with Crippen molar-refractivity contribution in [1.82, 2.24) is 0 Å². The summed E-state index contributed by atoms with van der Waals surface area (Å²) < 4.78 is 62.5. The molecule has 0 aromatic heterocycles. The van der Waals surface area contributed by atoms with Crippen molar-refractivity contribution in [3.8, 4) is 11.5 Å². The normalized spacial score (nSPS) is 12.2. The molecule has 120 valence electrons. The van der Waals surface area contributed by atoms with Crippen LogP contribution in [0.1, 0.15) is 32.6 Å². The minimum Gasteiger partial charge on any atom is -0.490 e. The maximum Gasteiger partial charge on any atom is 0.204 e. The van der Waals surface area contributed by atoms with Gasteiger partial charge in [-0.05, 0) is 18.6 Å². The largest absolute Gasteiger partial charge is 0.490 e. The van der Waals surface area contributed by atoms with Crippen molar-refractivity contribution in [3.63, 3.8) is 0 Å². The van der Waals surface area contributed by atoms with Crippen molar-refractivity contribution < 1.29 is 27.0 Å². The van der Waals surface area contributed by atoms with Gasteiger partial charge in [-0.2, -0.15) is 8.78 Å². The summed E-state index contributed by atoms with van der Waals surface area (Å²) >= 11 is 0. The van der Waals surface area contributed by atoms with E-state index < -0.39 is 24.5 Å². The standard InChI is InChI=1S/C15H20F4O2/c1-2-3-5-11(17)10-21-13-7-6-12(14(18)15(13)19)20-9-4-8-16/h6-7,11H,2-5,8-10H2,1H3. The maximum atomic E-state index is 13.7. The van der Waals surface area contributed by atoms with Gasteiger partial charge in [0.2, 0.25) is 11.6 Å². The van der Waals surface area contributed by atoms with Gasteiger partial charge >= 0.3 is 0 Å². The van der Waals surface area contributed by atoms with Gasteiger partial charge in [0, 0.05) is 6.42 Å². The molecule has 1 rings (SSSR count). The Morgan fingerprint density at radius 2 is 1.67 bits per heavy atom. The molecule has 0 aliphatic carbocycles. The average Bonchev–Trinajstić information content (AvgIpc) is 2.48. The summed E-state index contributed by atoms with van der Waals surface area (Å²) in [5.74, 6) is -3.11. The van der Waals surface area contributed by atoms with Crippen LogP contribution in [0.5, 0.6) is 11.5 Å². The zero-order valence-corrected chi connectivity index (χ0v) is 12.0. The second kappa shape index (κ2) is 9.47. The van der Waals surface area contributed by atoms with Gasteiger partial charge in [0.15, 0.2) is 11.5 Å². The van der Waals surface area contributed by atoms with Gasteiger partial charge in [0.05, 0.1) is 13.3 Å². The smallest absolute Gasteiger partial charge is 0.204 e. The molecular weight excluding hydrogens is 288 g/mol. The number of unbranched alkanes of at least 4 members (excludes halogenated alkanes) is 1. The van der Waals surface area contributed by atoms with Crippen molar-refractivity contribution >= 4 is 0 Å². The summed E-state index contributed by atoms with van der Waals surface area (Å²) in [6, 6.07) is 2.36. The van der Waals surface area contributed by atoms with Crippen molar-refractivity contribution in [1.29, 1.82) is 0 Å². The minimum atomic E-state index is -1.23. The molecule has 0 aliphatic heterocycles. The van der Waals surface area contributed by atoms with Crippen molar-refractivity contribution in [2.24, 2.45) is 0 Å². The van der Waals surface area contributed by atoms with E-state index in [0.717, 1.165) is 6.42 Å². The number of hydrogen-bond acceptors (Lipinski definition) is 2. The molecule has 1 aromatic carbocycles. The van der Waals surface area contributed by atoms with Crippen LogP contribution in [0.25, 0.3) is 0 Å². The fourth-order valence-corrected chi connectivity index (χ4v) is 1.66. The highest BCUT2D eigenvalue weighted by atomic mass is 19.2. The highest BCUT2D eigenvalue weighted by molar-refractivity contribution is 5.35. The van der Waals surface area contributed by atoms with Crippen LogP contribution < -0.4 is 9.47 Å². The molecule has 1 aromatic rings. The molecule has 0 saturated heterocycles. The lowest BCUT2D eigenvalue weighted by atomic mass is 10.2. The molecule has 0 spiro atoms. The second-order valence-electron chi connectivity index (χ2n) is 4.63. The lowest BCUT2D eigenvalue weighted by molar-refractivity contribution is 0.177. The topological polar surface area (TPSA) is 18.5 Å². The number of alkyl halides is 2. The highest BCUT2D eigenvalue weighted by Gasteiger charge is 2.17. The van der Waals surface area contributed by atoms with Gasteiger partial charge in [-0.3, -0.25) is 4.39 Å². The number of halogens is 4. The minimum absolute atomic E-state index is 0.0450. The second-order valence-corrected chi connectivity index (χ2v) is 4.63. The van der Waals surface area contributed by atoms with Crippen molar-refractivity contribution in [3.05, 3.63) is 23.8 Å². The Bertz CT molecular complexity index is 426. The SMILES string of the molecule is CCCCC(F)COc1ccc(OCCCF)c(F)c1F. The molecule has 2 nitrogen and oxygen atoms in total. The van der Waals surface area contributed by atoms with Crippen LogP contribution in [0.3, 0.4) is 0 Å². The Morgan fingerprint density at radius 1 is 1.05 bits per heavy atom. The van der Waals surface area contributed by atoms with Crippen LogP contribution in [0, 0.1) is 11.6 Å². The van der Waals surface area contributed by atoms with Gasteiger partial charge in [0.1, 0.15) is 12.8 Å². The van der Waals surface area contributed by atoms with Gasteiger partial charge in [-0.25, -0.2) is 4.39 Å². The maximum absolute atomic E-state index is 13.7. The number of rotatable bonds is 10. The first-order valence-electron chi connectivity index (χ1n) is 7.03. The lowest BCUT2D eigenvalue weighted by Gasteiger charge is -2.12. The zero-order valence-electron chi connectivity index (χ0n) is 12.0. The van der Waals surface area contributed by atoms with Crippen LogP contribution in [0.4, 0.5) is 17.6 Å². The Labute approximate surface area is 122 Å². The van der Waals surface area contributed by atoms with E-state index in [2.05, 4.69) is 0 Å². The molecule has 0 bridgehead atoms. The predicted octanol–water partition coefficient (Wildman–Crippen LogP) is 4.61. The predicted molar refractivity (Wildman–Crippen MR) is 72.4 cm³/mol. The van der Waals surface area contributed by atoms with E-state index in [1.807, 2.05) is 6.92 Å². The summed E-state index contributed by atoms with van der Waals surface area (Å²) in [4.78, 5) is 0. The summed E-state index contributed by atoms with van der Waals surface area (Å²) in [6.07, 6.45) is 0.774.